The molecule has 0 unspecified atom stereocenters. The molecule has 0 N–H and O–H groups in total. The first-order valence-corrected chi connectivity index (χ1v) is 10.2. The number of rotatable bonds is 4. The number of benzene rings is 2. The fourth-order valence-corrected chi connectivity index (χ4v) is 3.46. The lowest BCUT2D eigenvalue weighted by Gasteiger charge is -2.05. The lowest BCUT2D eigenvalue weighted by Crippen LogP contribution is -2.04. The highest BCUT2D eigenvalue weighted by molar-refractivity contribution is 6.32. The lowest BCUT2D eigenvalue weighted by molar-refractivity contribution is 0.665. The fourth-order valence-electron chi connectivity index (χ4n) is 3.24. The number of nitriles is 1. The summed E-state index contributed by atoms with van der Waals surface area (Å²) in [5, 5.41) is 14.4. The van der Waals surface area contributed by atoms with Crippen LogP contribution in [-0.4, -0.2) is 9.78 Å². The van der Waals surface area contributed by atoms with Gasteiger partial charge in [0.15, 0.2) is 0 Å². The predicted octanol–water partition coefficient (Wildman–Crippen LogP) is 6.00. The Balaban J connectivity index is 1.91. The maximum atomic E-state index is 9.11. The van der Waals surface area contributed by atoms with Crippen LogP contribution < -0.4 is 0 Å². The van der Waals surface area contributed by atoms with E-state index in [0.717, 1.165) is 28.9 Å². The number of hydrogen-bond donors (Lipinski definition) is 0. The molecular weight excluding hydrogens is 378 g/mol. The maximum absolute atomic E-state index is 9.11. The third kappa shape index (κ3) is 4.70. The van der Waals surface area contributed by atoms with Gasteiger partial charge in [0.25, 0.3) is 0 Å². The van der Waals surface area contributed by atoms with Crippen LogP contribution in [0.3, 0.4) is 0 Å². The molecule has 2 aromatic carbocycles. The van der Waals surface area contributed by atoms with Gasteiger partial charge in [-0.2, -0.15) is 10.4 Å². The minimum Gasteiger partial charge on any atom is -0.265 e. The summed E-state index contributed by atoms with van der Waals surface area (Å²) in [6.07, 6.45) is 0.877. The summed E-state index contributed by atoms with van der Waals surface area (Å²) >= 11 is 6.24. The smallest absolute Gasteiger partial charge is 0.101 e. The maximum Gasteiger partial charge on any atom is 0.101 e. The SMILES string of the molecule is CCc1c(-c2ccc(C#N)c(Cl)c2)nn(Cc2ccc(C#CC(C)C)cc2)c1C. The van der Waals surface area contributed by atoms with E-state index in [9.17, 15) is 0 Å². The van der Waals surface area contributed by atoms with Gasteiger partial charge in [0.2, 0.25) is 0 Å². The first-order chi connectivity index (χ1) is 13.9. The standard InChI is InChI=1S/C25H24ClN3/c1-5-23-18(4)29(16-20-10-8-19(9-11-20)7-6-17(2)3)28-25(23)21-12-13-22(15-27)24(26)14-21/h8-14,17H,5,16H2,1-4H3. The molecule has 146 valence electrons. The zero-order valence-corrected chi connectivity index (χ0v) is 18.0. The lowest BCUT2D eigenvalue weighted by atomic mass is 10.0. The Hall–Kier alpha value is -3.01. The molecule has 0 atom stereocenters. The molecule has 0 aliphatic rings. The number of halogens is 1. The van der Waals surface area contributed by atoms with E-state index >= 15 is 0 Å². The van der Waals surface area contributed by atoms with Gasteiger partial charge in [0.05, 0.1) is 22.8 Å². The highest BCUT2D eigenvalue weighted by atomic mass is 35.5. The second kappa shape index (κ2) is 8.99. The average Bonchev–Trinajstić information content (AvgIpc) is 3.02. The van der Waals surface area contributed by atoms with Crippen molar-refractivity contribution in [3.8, 4) is 29.2 Å². The molecule has 1 heterocycles. The van der Waals surface area contributed by atoms with E-state index < -0.39 is 0 Å². The molecule has 0 aliphatic heterocycles. The van der Waals surface area contributed by atoms with Gasteiger partial charge in [-0.15, -0.1) is 0 Å². The molecule has 0 fully saturated rings. The van der Waals surface area contributed by atoms with E-state index in [0.29, 0.717) is 23.0 Å². The van der Waals surface area contributed by atoms with Crippen LogP contribution >= 0.6 is 11.6 Å². The molecule has 29 heavy (non-hydrogen) atoms. The summed E-state index contributed by atoms with van der Waals surface area (Å²) in [5.74, 6) is 6.75. The van der Waals surface area contributed by atoms with Crippen molar-refractivity contribution in [2.24, 2.45) is 5.92 Å². The molecule has 0 radical (unpaired) electrons. The van der Waals surface area contributed by atoms with Crippen LogP contribution in [0.15, 0.2) is 42.5 Å². The topological polar surface area (TPSA) is 41.6 Å². The van der Waals surface area contributed by atoms with Crippen molar-refractivity contribution in [1.29, 1.82) is 5.26 Å². The molecule has 0 bridgehead atoms. The van der Waals surface area contributed by atoms with Crippen molar-refractivity contribution < 1.29 is 0 Å². The molecule has 4 heteroatoms. The highest BCUT2D eigenvalue weighted by Crippen LogP contribution is 2.29. The van der Waals surface area contributed by atoms with Crippen molar-refractivity contribution in [3.05, 3.63) is 75.4 Å². The molecule has 0 spiro atoms. The van der Waals surface area contributed by atoms with Gasteiger partial charge in [0.1, 0.15) is 6.07 Å². The second-order valence-electron chi connectivity index (χ2n) is 7.35. The summed E-state index contributed by atoms with van der Waals surface area (Å²) in [4.78, 5) is 0. The molecule has 0 saturated heterocycles. The van der Waals surface area contributed by atoms with E-state index in [1.54, 1.807) is 6.07 Å². The van der Waals surface area contributed by atoms with Crippen LogP contribution in [0.1, 0.15) is 48.7 Å². The molecule has 3 aromatic rings. The van der Waals surface area contributed by atoms with E-state index in [4.69, 9.17) is 22.0 Å². The molecule has 1 aromatic heterocycles. The van der Waals surface area contributed by atoms with Crippen molar-refractivity contribution >= 4 is 11.6 Å². The first kappa shape index (κ1) is 20.7. The van der Waals surface area contributed by atoms with Crippen LogP contribution in [0.25, 0.3) is 11.3 Å². The minimum absolute atomic E-state index is 0.364. The molecule has 0 aliphatic carbocycles. The summed E-state index contributed by atoms with van der Waals surface area (Å²) < 4.78 is 2.04. The van der Waals surface area contributed by atoms with Crippen molar-refractivity contribution in [3.63, 3.8) is 0 Å². The van der Waals surface area contributed by atoms with Crippen molar-refractivity contribution in [2.45, 2.75) is 40.7 Å². The first-order valence-electron chi connectivity index (χ1n) is 9.79. The largest absolute Gasteiger partial charge is 0.265 e. The minimum atomic E-state index is 0.364. The summed E-state index contributed by atoms with van der Waals surface area (Å²) in [6.45, 7) is 9.10. The van der Waals surface area contributed by atoms with Gasteiger partial charge in [-0.05, 0) is 43.2 Å². The van der Waals surface area contributed by atoms with Gasteiger partial charge in [-0.1, -0.05) is 62.4 Å². The fraction of sp³-hybridized carbons (Fsp3) is 0.280. The molecule has 3 nitrogen and oxygen atoms in total. The van der Waals surface area contributed by atoms with E-state index in [1.165, 1.54) is 11.1 Å². The Morgan fingerprint density at radius 3 is 2.45 bits per heavy atom. The number of nitrogens with zero attached hydrogens (tertiary/aromatic N) is 3. The van der Waals surface area contributed by atoms with Crippen molar-refractivity contribution in [2.75, 3.05) is 0 Å². The average molecular weight is 402 g/mol. The van der Waals surface area contributed by atoms with Crippen LogP contribution in [0, 0.1) is 36.0 Å². The normalized spacial score (nSPS) is 10.5. The van der Waals surface area contributed by atoms with Crippen LogP contribution in [0.5, 0.6) is 0 Å². The predicted molar refractivity (Wildman–Crippen MR) is 119 cm³/mol. The molecule has 0 amide bonds. The monoisotopic (exact) mass is 401 g/mol. The van der Waals surface area contributed by atoms with Crippen molar-refractivity contribution in [1.82, 2.24) is 9.78 Å². The third-order valence-electron chi connectivity index (χ3n) is 4.84. The van der Waals surface area contributed by atoms with Crippen LogP contribution in [-0.2, 0) is 13.0 Å². The quantitative estimate of drug-likeness (QED) is 0.503. The van der Waals surface area contributed by atoms with Gasteiger partial charge < -0.3 is 0 Å². The molecular formula is C25H24ClN3. The number of hydrogen-bond acceptors (Lipinski definition) is 2. The van der Waals surface area contributed by atoms with E-state index in [-0.39, 0.29) is 0 Å². The Kier molecular flexibility index (Phi) is 6.42. The second-order valence-corrected chi connectivity index (χ2v) is 7.76. The molecule has 0 saturated carbocycles. The zero-order chi connectivity index (χ0) is 21.0. The van der Waals surface area contributed by atoms with Crippen LogP contribution in [0.4, 0.5) is 0 Å². The molecule has 3 rings (SSSR count). The Bertz CT molecular complexity index is 1120. The number of aromatic nitrogens is 2. The van der Waals surface area contributed by atoms with Gasteiger partial charge >= 0.3 is 0 Å². The Morgan fingerprint density at radius 1 is 1.14 bits per heavy atom. The summed E-state index contributed by atoms with van der Waals surface area (Å²) in [5.41, 5.74) is 6.89. The zero-order valence-electron chi connectivity index (χ0n) is 17.3. The van der Waals surface area contributed by atoms with Gasteiger partial charge in [0, 0.05) is 28.3 Å². The Labute approximate surface area is 177 Å². The highest BCUT2D eigenvalue weighted by Gasteiger charge is 2.16. The van der Waals surface area contributed by atoms with E-state index in [2.05, 4.69) is 69.9 Å². The van der Waals surface area contributed by atoms with Gasteiger partial charge in [-0.3, -0.25) is 4.68 Å². The van der Waals surface area contributed by atoms with Crippen LogP contribution in [0.2, 0.25) is 5.02 Å². The van der Waals surface area contributed by atoms with Gasteiger partial charge in [-0.25, -0.2) is 0 Å². The summed E-state index contributed by atoms with van der Waals surface area (Å²) in [7, 11) is 0. The third-order valence-corrected chi connectivity index (χ3v) is 5.15. The van der Waals surface area contributed by atoms with E-state index in [1.807, 2.05) is 16.8 Å². The summed E-state index contributed by atoms with van der Waals surface area (Å²) in [6, 6.07) is 15.9. The Morgan fingerprint density at radius 2 is 1.86 bits per heavy atom.